The summed E-state index contributed by atoms with van der Waals surface area (Å²) < 4.78 is 1.76. The van der Waals surface area contributed by atoms with Crippen molar-refractivity contribution in [3.63, 3.8) is 0 Å². The third-order valence-corrected chi connectivity index (χ3v) is 6.04. The van der Waals surface area contributed by atoms with Crippen molar-refractivity contribution >= 4 is 45.0 Å². The summed E-state index contributed by atoms with van der Waals surface area (Å²) in [6.07, 6.45) is 1.96. The van der Waals surface area contributed by atoms with E-state index in [0.717, 1.165) is 29.3 Å². The fourth-order valence-corrected chi connectivity index (χ4v) is 4.40. The van der Waals surface area contributed by atoms with E-state index in [1.165, 1.54) is 11.8 Å². The summed E-state index contributed by atoms with van der Waals surface area (Å²) >= 11 is 1.32. The number of para-hydroxylation sites is 1. The minimum Gasteiger partial charge on any atom is -0.325 e. The summed E-state index contributed by atoms with van der Waals surface area (Å²) in [5, 5.41) is 6.33. The second-order valence-electron chi connectivity index (χ2n) is 7.18. The van der Waals surface area contributed by atoms with Gasteiger partial charge < -0.3 is 5.32 Å². The number of rotatable bonds is 5. The molecule has 0 bridgehead atoms. The molecule has 1 saturated carbocycles. The van der Waals surface area contributed by atoms with Gasteiger partial charge in [0, 0.05) is 17.1 Å². The van der Waals surface area contributed by atoms with Crippen LogP contribution >= 0.6 is 11.8 Å². The molecule has 29 heavy (non-hydrogen) atoms. The van der Waals surface area contributed by atoms with E-state index in [9.17, 15) is 9.59 Å². The molecule has 1 aliphatic carbocycles. The van der Waals surface area contributed by atoms with Crippen LogP contribution in [-0.4, -0.2) is 21.2 Å². The van der Waals surface area contributed by atoms with E-state index in [0.29, 0.717) is 16.1 Å². The quantitative estimate of drug-likeness (QED) is 0.392. The van der Waals surface area contributed by atoms with E-state index in [4.69, 9.17) is 0 Å². The van der Waals surface area contributed by atoms with Gasteiger partial charge in [0.25, 0.3) is 5.56 Å². The number of hydrogen-bond donors (Lipinski definition) is 1. The number of nitrogens with zero attached hydrogens (tertiary/aromatic N) is 2. The van der Waals surface area contributed by atoms with Gasteiger partial charge in [-0.15, -0.1) is 0 Å². The Balaban J connectivity index is 1.40. The van der Waals surface area contributed by atoms with Crippen LogP contribution in [0.15, 0.2) is 76.7 Å². The van der Waals surface area contributed by atoms with Gasteiger partial charge in [-0.3, -0.25) is 14.2 Å². The summed E-state index contributed by atoms with van der Waals surface area (Å²) in [5.74, 6) is 0.0804. The van der Waals surface area contributed by atoms with Crippen molar-refractivity contribution in [2.45, 2.75) is 24.0 Å². The van der Waals surface area contributed by atoms with Crippen LogP contribution in [0, 0.1) is 0 Å². The fraction of sp³-hybridized carbons (Fsp3) is 0.174. The standard InChI is InChI=1S/C23H19N3O2S/c27-21(24-19-11-5-7-15-6-1-2-8-17(15)19)14-29-23-25-20-10-4-3-9-18(20)22(28)26(23)16-12-13-16/h1-11,16H,12-14H2,(H,24,27). The Kier molecular flexibility index (Phi) is 4.56. The molecular weight excluding hydrogens is 382 g/mol. The summed E-state index contributed by atoms with van der Waals surface area (Å²) in [5.41, 5.74) is 1.45. The van der Waals surface area contributed by atoms with Crippen LogP contribution in [0.5, 0.6) is 0 Å². The van der Waals surface area contributed by atoms with Crippen molar-refractivity contribution in [3.8, 4) is 0 Å². The van der Waals surface area contributed by atoms with Gasteiger partial charge >= 0.3 is 0 Å². The largest absolute Gasteiger partial charge is 0.325 e. The van der Waals surface area contributed by atoms with Crippen LogP contribution in [0.2, 0.25) is 0 Å². The Morgan fingerprint density at radius 1 is 1.00 bits per heavy atom. The minimum absolute atomic E-state index is 0.0185. The maximum absolute atomic E-state index is 12.9. The van der Waals surface area contributed by atoms with Crippen LogP contribution in [0.25, 0.3) is 21.7 Å². The second-order valence-corrected chi connectivity index (χ2v) is 8.12. The lowest BCUT2D eigenvalue weighted by molar-refractivity contribution is -0.113. The van der Waals surface area contributed by atoms with Gasteiger partial charge in [0.15, 0.2) is 5.16 Å². The molecule has 0 spiro atoms. The average Bonchev–Trinajstić information content (AvgIpc) is 3.58. The Hall–Kier alpha value is -3.12. The highest BCUT2D eigenvalue weighted by Gasteiger charge is 2.28. The van der Waals surface area contributed by atoms with Crippen molar-refractivity contribution in [1.29, 1.82) is 0 Å². The summed E-state index contributed by atoms with van der Waals surface area (Å²) in [4.78, 5) is 30.2. The molecule has 0 unspecified atom stereocenters. The summed E-state index contributed by atoms with van der Waals surface area (Å²) in [6.45, 7) is 0. The molecule has 5 nitrogen and oxygen atoms in total. The summed E-state index contributed by atoms with van der Waals surface area (Å²) in [7, 11) is 0. The molecule has 1 aromatic heterocycles. The number of nitrogens with one attached hydrogen (secondary N) is 1. The number of hydrogen-bond acceptors (Lipinski definition) is 4. The first-order valence-corrected chi connectivity index (χ1v) is 10.6. The molecule has 0 aliphatic heterocycles. The molecule has 1 heterocycles. The number of amides is 1. The number of aromatic nitrogens is 2. The number of carbonyl (C=O) groups excluding carboxylic acids is 1. The van der Waals surface area contributed by atoms with Crippen LogP contribution in [0.4, 0.5) is 5.69 Å². The van der Waals surface area contributed by atoms with Crippen molar-refractivity contribution in [1.82, 2.24) is 9.55 Å². The molecule has 1 N–H and O–H groups in total. The van der Waals surface area contributed by atoms with E-state index in [1.807, 2.05) is 66.7 Å². The maximum atomic E-state index is 12.9. The molecule has 1 aliphatic rings. The molecule has 0 radical (unpaired) electrons. The Morgan fingerprint density at radius 2 is 1.72 bits per heavy atom. The van der Waals surface area contributed by atoms with Gasteiger partial charge in [-0.2, -0.15) is 0 Å². The first-order valence-electron chi connectivity index (χ1n) is 9.62. The first kappa shape index (κ1) is 17.9. The highest BCUT2D eigenvalue weighted by Crippen LogP contribution is 2.36. The van der Waals surface area contributed by atoms with E-state index >= 15 is 0 Å². The average molecular weight is 401 g/mol. The van der Waals surface area contributed by atoms with Crippen LogP contribution in [0.3, 0.4) is 0 Å². The van der Waals surface area contributed by atoms with Crippen LogP contribution in [0.1, 0.15) is 18.9 Å². The zero-order valence-corrected chi connectivity index (χ0v) is 16.5. The lowest BCUT2D eigenvalue weighted by Crippen LogP contribution is -2.23. The Bertz CT molecular complexity index is 1290. The van der Waals surface area contributed by atoms with E-state index < -0.39 is 0 Å². The number of anilines is 1. The van der Waals surface area contributed by atoms with E-state index in [1.54, 1.807) is 4.57 Å². The first-order chi connectivity index (χ1) is 14.2. The van der Waals surface area contributed by atoms with Gasteiger partial charge in [0.05, 0.1) is 16.7 Å². The number of thioether (sulfide) groups is 1. The topological polar surface area (TPSA) is 64.0 Å². The lowest BCUT2D eigenvalue weighted by atomic mass is 10.1. The Morgan fingerprint density at radius 3 is 2.55 bits per heavy atom. The molecule has 0 saturated heterocycles. The lowest BCUT2D eigenvalue weighted by Gasteiger charge is -2.13. The van der Waals surface area contributed by atoms with Crippen molar-refractivity contribution in [2.24, 2.45) is 0 Å². The molecule has 5 rings (SSSR count). The van der Waals surface area contributed by atoms with Gasteiger partial charge in [-0.1, -0.05) is 60.3 Å². The molecule has 6 heteroatoms. The predicted octanol–water partition coefficient (Wildman–Crippen LogP) is 4.62. The van der Waals surface area contributed by atoms with E-state index in [-0.39, 0.29) is 23.3 Å². The Labute approximate surface area is 171 Å². The highest BCUT2D eigenvalue weighted by molar-refractivity contribution is 7.99. The number of benzene rings is 3. The smallest absolute Gasteiger partial charge is 0.262 e. The summed E-state index contributed by atoms with van der Waals surface area (Å²) in [6, 6.07) is 21.4. The minimum atomic E-state index is -0.115. The van der Waals surface area contributed by atoms with Gasteiger partial charge in [-0.25, -0.2) is 4.98 Å². The molecule has 144 valence electrons. The molecule has 1 fully saturated rings. The number of fused-ring (bicyclic) bond motifs is 2. The monoisotopic (exact) mass is 401 g/mol. The molecular formula is C23H19N3O2S. The maximum Gasteiger partial charge on any atom is 0.262 e. The predicted molar refractivity (Wildman–Crippen MR) is 118 cm³/mol. The molecule has 0 atom stereocenters. The fourth-order valence-electron chi connectivity index (χ4n) is 3.53. The molecule has 1 amide bonds. The van der Waals surface area contributed by atoms with Gasteiger partial charge in [0.2, 0.25) is 5.91 Å². The SMILES string of the molecule is O=C(CSc1nc2ccccc2c(=O)n1C1CC1)Nc1cccc2ccccc12. The third-order valence-electron chi connectivity index (χ3n) is 5.08. The normalized spacial score (nSPS) is 13.7. The van der Waals surface area contributed by atoms with Crippen molar-refractivity contribution < 1.29 is 4.79 Å². The second kappa shape index (κ2) is 7.37. The third kappa shape index (κ3) is 3.51. The van der Waals surface area contributed by atoms with Gasteiger partial charge in [0.1, 0.15) is 0 Å². The molecule has 3 aromatic carbocycles. The zero-order chi connectivity index (χ0) is 19.8. The van der Waals surface area contributed by atoms with Crippen molar-refractivity contribution in [3.05, 3.63) is 77.1 Å². The zero-order valence-electron chi connectivity index (χ0n) is 15.7. The van der Waals surface area contributed by atoms with Crippen LogP contribution in [-0.2, 0) is 4.79 Å². The number of carbonyl (C=O) groups is 1. The highest BCUT2D eigenvalue weighted by atomic mass is 32.2. The van der Waals surface area contributed by atoms with E-state index in [2.05, 4.69) is 10.3 Å². The van der Waals surface area contributed by atoms with Crippen LogP contribution < -0.4 is 10.9 Å². The van der Waals surface area contributed by atoms with Crippen molar-refractivity contribution in [2.75, 3.05) is 11.1 Å². The molecule has 4 aromatic rings. The van der Waals surface area contributed by atoms with Gasteiger partial charge in [-0.05, 0) is 36.4 Å².